The molecule has 0 radical (unpaired) electrons. The highest BCUT2D eigenvalue weighted by molar-refractivity contribution is 7.99. The molecule has 1 atom stereocenters. The van der Waals surface area contributed by atoms with Crippen LogP contribution >= 0.6 is 23.1 Å². The Morgan fingerprint density at radius 1 is 1.69 bits per heavy atom. The van der Waals surface area contributed by atoms with Crippen LogP contribution in [0.25, 0.3) is 0 Å². The van der Waals surface area contributed by atoms with Gasteiger partial charge in [0.1, 0.15) is 0 Å². The van der Waals surface area contributed by atoms with E-state index >= 15 is 0 Å². The first-order chi connectivity index (χ1) is 6.33. The SMILES string of the molecule is CCCSCC(N)Cc1cncs1. The summed E-state index contributed by atoms with van der Waals surface area (Å²) in [6.45, 7) is 2.20. The van der Waals surface area contributed by atoms with Crippen LogP contribution < -0.4 is 5.73 Å². The Bertz CT molecular complexity index is 211. The Balaban J connectivity index is 2.14. The smallest absolute Gasteiger partial charge is 0.0794 e. The molecule has 0 amide bonds. The fourth-order valence-corrected chi connectivity index (χ4v) is 2.60. The summed E-state index contributed by atoms with van der Waals surface area (Å²) in [7, 11) is 0. The van der Waals surface area contributed by atoms with Crippen LogP contribution in [-0.4, -0.2) is 22.5 Å². The second kappa shape index (κ2) is 6.40. The topological polar surface area (TPSA) is 38.9 Å². The van der Waals surface area contributed by atoms with Crippen LogP contribution in [-0.2, 0) is 6.42 Å². The molecule has 4 heteroatoms. The second-order valence-electron chi connectivity index (χ2n) is 3.01. The lowest BCUT2D eigenvalue weighted by Gasteiger charge is -2.08. The van der Waals surface area contributed by atoms with Crippen molar-refractivity contribution in [3.05, 3.63) is 16.6 Å². The number of hydrogen-bond donors (Lipinski definition) is 1. The molecular formula is C9H16N2S2. The van der Waals surface area contributed by atoms with Crippen LogP contribution in [0.3, 0.4) is 0 Å². The average Bonchev–Trinajstić information content (AvgIpc) is 2.57. The normalized spacial score (nSPS) is 13.1. The summed E-state index contributed by atoms with van der Waals surface area (Å²) in [6.07, 6.45) is 4.12. The molecule has 0 aliphatic heterocycles. The molecule has 74 valence electrons. The van der Waals surface area contributed by atoms with Crippen molar-refractivity contribution in [1.29, 1.82) is 0 Å². The molecule has 2 N–H and O–H groups in total. The van der Waals surface area contributed by atoms with E-state index in [9.17, 15) is 0 Å². The minimum atomic E-state index is 0.289. The van der Waals surface area contributed by atoms with Crippen molar-refractivity contribution in [1.82, 2.24) is 4.98 Å². The zero-order valence-corrected chi connectivity index (χ0v) is 9.53. The summed E-state index contributed by atoms with van der Waals surface area (Å²) >= 11 is 3.63. The van der Waals surface area contributed by atoms with E-state index in [1.54, 1.807) is 11.3 Å². The molecule has 1 unspecified atom stereocenters. The van der Waals surface area contributed by atoms with Crippen LogP contribution in [0.2, 0.25) is 0 Å². The van der Waals surface area contributed by atoms with E-state index in [1.165, 1.54) is 17.1 Å². The zero-order valence-electron chi connectivity index (χ0n) is 7.90. The first-order valence-electron chi connectivity index (χ1n) is 4.53. The van der Waals surface area contributed by atoms with Gasteiger partial charge in [-0.3, -0.25) is 4.98 Å². The van der Waals surface area contributed by atoms with Gasteiger partial charge in [-0.2, -0.15) is 11.8 Å². The van der Waals surface area contributed by atoms with Gasteiger partial charge >= 0.3 is 0 Å². The molecule has 0 saturated heterocycles. The van der Waals surface area contributed by atoms with Crippen molar-refractivity contribution in [3.63, 3.8) is 0 Å². The van der Waals surface area contributed by atoms with Gasteiger partial charge in [0.15, 0.2) is 0 Å². The van der Waals surface area contributed by atoms with Crippen molar-refractivity contribution in [2.24, 2.45) is 5.73 Å². The lowest BCUT2D eigenvalue weighted by Crippen LogP contribution is -2.25. The van der Waals surface area contributed by atoms with Gasteiger partial charge in [-0.1, -0.05) is 6.92 Å². The van der Waals surface area contributed by atoms with Crippen molar-refractivity contribution in [2.45, 2.75) is 25.8 Å². The minimum Gasteiger partial charge on any atom is -0.327 e. The van der Waals surface area contributed by atoms with E-state index in [-0.39, 0.29) is 6.04 Å². The minimum absolute atomic E-state index is 0.289. The van der Waals surface area contributed by atoms with Crippen LogP contribution in [0.4, 0.5) is 0 Å². The van der Waals surface area contributed by atoms with Crippen LogP contribution in [0, 0.1) is 0 Å². The Hall–Kier alpha value is -0.0600. The summed E-state index contributed by atoms with van der Waals surface area (Å²) in [5.74, 6) is 2.28. The third-order valence-corrected chi connectivity index (χ3v) is 3.79. The van der Waals surface area contributed by atoms with Gasteiger partial charge in [0.2, 0.25) is 0 Å². The first-order valence-corrected chi connectivity index (χ1v) is 6.57. The standard InChI is InChI=1S/C9H16N2S2/c1-2-3-12-6-8(10)4-9-5-11-7-13-9/h5,7-8H,2-4,6,10H2,1H3. The average molecular weight is 216 g/mol. The van der Waals surface area contributed by atoms with Crippen molar-refractivity contribution < 1.29 is 0 Å². The zero-order chi connectivity index (χ0) is 9.52. The molecule has 0 fully saturated rings. The number of rotatable bonds is 6. The number of nitrogens with two attached hydrogens (primary N) is 1. The molecule has 1 rings (SSSR count). The number of thioether (sulfide) groups is 1. The Morgan fingerprint density at radius 2 is 2.54 bits per heavy atom. The molecule has 13 heavy (non-hydrogen) atoms. The molecule has 0 aromatic carbocycles. The summed E-state index contributed by atoms with van der Waals surface area (Å²) in [5, 5.41) is 0. The maximum atomic E-state index is 5.96. The molecule has 1 aromatic rings. The molecule has 0 spiro atoms. The molecule has 0 aliphatic rings. The summed E-state index contributed by atoms with van der Waals surface area (Å²) in [4.78, 5) is 5.32. The second-order valence-corrected chi connectivity index (χ2v) is 5.13. The van der Waals surface area contributed by atoms with E-state index in [0.29, 0.717) is 0 Å². The fourth-order valence-electron chi connectivity index (χ4n) is 1.04. The van der Waals surface area contributed by atoms with Crippen molar-refractivity contribution >= 4 is 23.1 Å². The van der Waals surface area contributed by atoms with Gasteiger partial charge in [0.25, 0.3) is 0 Å². The maximum absolute atomic E-state index is 5.96. The van der Waals surface area contributed by atoms with E-state index in [4.69, 9.17) is 5.73 Å². The largest absolute Gasteiger partial charge is 0.327 e. The van der Waals surface area contributed by atoms with Gasteiger partial charge in [0, 0.05) is 22.9 Å². The third-order valence-electron chi connectivity index (χ3n) is 1.63. The quantitative estimate of drug-likeness (QED) is 0.741. The maximum Gasteiger partial charge on any atom is 0.0794 e. The van der Waals surface area contributed by atoms with Crippen LogP contribution in [0.1, 0.15) is 18.2 Å². The Kier molecular flexibility index (Phi) is 5.43. The predicted molar refractivity (Wildman–Crippen MR) is 61.4 cm³/mol. The lowest BCUT2D eigenvalue weighted by atomic mass is 10.2. The van der Waals surface area contributed by atoms with Crippen molar-refractivity contribution in [3.8, 4) is 0 Å². The van der Waals surface area contributed by atoms with Gasteiger partial charge < -0.3 is 5.73 Å². The van der Waals surface area contributed by atoms with E-state index < -0.39 is 0 Å². The number of nitrogens with zero attached hydrogens (tertiary/aromatic N) is 1. The van der Waals surface area contributed by atoms with Gasteiger partial charge in [-0.05, 0) is 18.6 Å². The molecule has 0 saturated carbocycles. The first kappa shape index (κ1) is 11.0. The van der Waals surface area contributed by atoms with Gasteiger partial charge in [-0.15, -0.1) is 11.3 Å². The van der Waals surface area contributed by atoms with Gasteiger partial charge in [-0.25, -0.2) is 0 Å². The molecule has 1 aromatic heterocycles. The summed E-state index contributed by atoms with van der Waals surface area (Å²) in [6, 6.07) is 0.289. The monoisotopic (exact) mass is 216 g/mol. The highest BCUT2D eigenvalue weighted by Gasteiger charge is 2.04. The van der Waals surface area contributed by atoms with Crippen LogP contribution in [0.5, 0.6) is 0 Å². The Labute approximate surface area is 87.9 Å². The molecule has 0 aliphatic carbocycles. The van der Waals surface area contributed by atoms with Gasteiger partial charge in [0.05, 0.1) is 5.51 Å². The summed E-state index contributed by atoms with van der Waals surface area (Å²) in [5.41, 5.74) is 7.83. The van der Waals surface area contributed by atoms with E-state index in [1.807, 2.05) is 23.5 Å². The predicted octanol–water partition coefficient (Wildman–Crippen LogP) is 2.16. The third kappa shape index (κ3) is 4.64. The highest BCUT2D eigenvalue weighted by Crippen LogP contribution is 2.11. The number of thiazole rings is 1. The molecular weight excluding hydrogens is 200 g/mol. The van der Waals surface area contributed by atoms with E-state index in [2.05, 4.69) is 11.9 Å². The molecule has 0 bridgehead atoms. The van der Waals surface area contributed by atoms with Crippen LogP contribution in [0.15, 0.2) is 11.7 Å². The lowest BCUT2D eigenvalue weighted by molar-refractivity contribution is 0.756. The Morgan fingerprint density at radius 3 is 3.15 bits per heavy atom. The highest BCUT2D eigenvalue weighted by atomic mass is 32.2. The van der Waals surface area contributed by atoms with E-state index in [0.717, 1.165) is 12.2 Å². The number of aromatic nitrogens is 1. The van der Waals surface area contributed by atoms with Crippen molar-refractivity contribution in [2.75, 3.05) is 11.5 Å². The molecule has 2 nitrogen and oxygen atoms in total. The fraction of sp³-hybridized carbons (Fsp3) is 0.667. The number of hydrogen-bond acceptors (Lipinski definition) is 4. The summed E-state index contributed by atoms with van der Waals surface area (Å²) < 4.78 is 0. The molecule has 1 heterocycles.